The van der Waals surface area contributed by atoms with Crippen LogP contribution in [0.25, 0.3) is 11.0 Å². The molecule has 0 radical (unpaired) electrons. The molecule has 2 rings (SSSR count). The molecule has 1 heterocycles. The van der Waals surface area contributed by atoms with E-state index in [9.17, 15) is 0 Å². The molecule has 3 N–H and O–H groups in total. The number of fused-ring (bicyclic) bond motifs is 1. The zero-order valence-corrected chi connectivity index (χ0v) is 10.9. The predicted molar refractivity (Wildman–Crippen MR) is 72.5 cm³/mol. The van der Waals surface area contributed by atoms with Crippen LogP contribution in [0, 0.1) is 6.92 Å². The van der Waals surface area contributed by atoms with Crippen molar-refractivity contribution in [3.05, 3.63) is 24.0 Å². The molecular formula is C13H20N4. The van der Waals surface area contributed by atoms with Crippen molar-refractivity contribution in [1.29, 1.82) is 0 Å². The van der Waals surface area contributed by atoms with Crippen LogP contribution in [0.5, 0.6) is 0 Å². The van der Waals surface area contributed by atoms with E-state index in [1.165, 1.54) is 0 Å². The Hall–Kier alpha value is -1.55. The number of anilines is 1. The number of aromatic nitrogens is 2. The van der Waals surface area contributed by atoms with Crippen molar-refractivity contribution >= 4 is 16.7 Å². The van der Waals surface area contributed by atoms with E-state index in [0.29, 0.717) is 0 Å². The SMILES string of the molecule is CNCC(C)(C)Nc1ccc2nc(C)[nH]c2c1. The Balaban J connectivity index is 2.24. The predicted octanol–water partition coefficient (Wildman–Crippen LogP) is 2.28. The van der Waals surface area contributed by atoms with Crippen LogP contribution in [-0.4, -0.2) is 29.1 Å². The first-order valence-electron chi connectivity index (χ1n) is 5.89. The number of nitrogens with one attached hydrogen (secondary N) is 3. The maximum Gasteiger partial charge on any atom is 0.104 e. The van der Waals surface area contributed by atoms with Crippen LogP contribution in [0.15, 0.2) is 18.2 Å². The number of hydrogen-bond donors (Lipinski definition) is 3. The average molecular weight is 232 g/mol. The van der Waals surface area contributed by atoms with Gasteiger partial charge in [0.25, 0.3) is 0 Å². The van der Waals surface area contributed by atoms with Gasteiger partial charge in [-0.3, -0.25) is 0 Å². The normalized spacial score (nSPS) is 12.0. The van der Waals surface area contributed by atoms with E-state index in [1.807, 2.05) is 20.0 Å². The number of hydrogen-bond acceptors (Lipinski definition) is 3. The minimum absolute atomic E-state index is 0.0253. The summed E-state index contributed by atoms with van der Waals surface area (Å²) in [5.74, 6) is 0.951. The standard InChI is InChI=1S/C13H20N4/c1-9-15-11-6-5-10(7-12(11)16-9)17-13(2,3)8-14-4/h5-7,14,17H,8H2,1-4H3,(H,15,16). The Morgan fingerprint density at radius 1 is 1.35 bits per heavy atom. The van der Waals surface area contributed by atoms with Crippen molar-refractivity contribution in [1.82, 2.24) is 15.3 Å². The van der Waals surface area contributed by atoms with Gasteiger partial charge >= 0.3 is 0 Å². The molecule has 0 unspecified atom stereocenters. The number of benzene rings is 1. The summed E-state index contributed by atoms with van der Waals surface area (Å²) in [5, 5.41) is 6.70. The molecule has 1 aromatic carbocycles. The fourth-order valence-electron chi connectivity index (χ4n) is 2.09. The molecule has 4 nitrogen and oxygen atoms in total. The third kappa shape index (κ3) is 2.77. The summed E-state index contributed by atoms with van der Waals surface area (Å²) in [5.41, 5.74) is 3.23. The Morgan fingerprint density at radius 3 is 2.82 bits per heavy atom. The quantitative estimate of drug-likeness (QED) is 0.758. The average Bonchev–Trinajstić information content (AvgIpc) is 2.56. The van der Waals surface area contributed by atoms with Gasteiger partial charge in [0.2, 0.25) is 0 Å². The van der Waals surface area contributed by atoms with Gasteiger partial charge in [-0.15, -0.1) is 0 Å². The highest BCUT2D eigenvalue weighted by atomic mass is 15.0. The van der Waals surface area contributed by atoms with Gasteiger partial charge in [-0.1, -0.05) is 0 Å². The second kappa shape index (κ2) is 4.37. The fraction of sp³-hybridized carbons (Fsp3) is 0.462. The van der Waals surface area contributed by atoms with E-state index in [2.05, 4.69) is 46.6 Å². The molecule has 0 saturated heterocycles. The number of imidazole rings is 1. The second-order valence-corrected chi connectivity index (χ2v) is 5.09. The molecule has 92 valence electrons. The largest absolute Gasteiger partial charge is 0.379 e. The maximum absolute atomic E-state index is 4.39. The molecule has 4 heteroatoms. The molecule has 0 aliphatic carbocycles. The zero-order chi connectivity index (χ0) is 12.5. The van der Waals surface area contributed by atoms with E-state index in [0.717, 1.165) is 29.1 Å². The first-order valence-corrected chi connectivity index (χ1v) is 5.89. The number of rotatable bonds is 4. The van der Waals surface area contributed by atoms with Crippen LogP contribution in [0.1, 0.15) is 19.7 Å². The van der Waals surface area contributed by atoms with Crippen LogP contribution in [0.2, 0.25) is 0 Å². The highest BCUT2D eigenvalue weighted by Crippen LogP contribution is 2.20. The monoisotopic (exact) mass is 232 g/mol. The highest BCUT2D eigenvalue weighted by molar-refractivity contribution is 5.79. The maximum atomic E-state index is 4.39. The molecule has 0 atom stereocenters. The number of nitrogens with zero attached hydrogens (tertiary/aromatic N) is 1. The Kier molecular flexibility index (Phi) is 3.07. The Bertz CT molecular complexity index is 513. The molecular weight excluding hydrogens is 212 g/mol. The van der Waals surface area contributed by atoms with Crippen molar-refractivity contribution in [2.45, 2.75) is 26.3 Å². The Labute approximate surface area is 102 Å². The summed E-state index contributed by atoms with van der Waals surface area (Å²) < 4.78 is 0. The van der Waals surface area contributed by atoms with Crippen LogP contribution in [0.4, 0.5) is 5.69 Å². The lowest BCUT2D eigenvalue weighted by atomic mass is 10.1. The molecule has 0 aliphatic heterocycles. The molecule has 2 aromatic rings. The van der Waals surface area contributed by atoms with E-state index in [-0.39, 0.29) is 5.54 Å². The van der Waals surface area contributed by atoms with E-state index < -0.39 is 0 Å². The van der Waals surface area contributed by atoms with Crippen molar-refractivity contribution in [2.24, 2.45) is 0 Å². The number of likely N-dealkylation sites (N-methyl/N-ethyl adjacent to an activating group) is 1. The van der Waals surface area contributed by atoms with Crippen LogP contribution >= 0.6 is 0 Å². The summed E-state index contributed by atoms with van der Waals surface area (Å²) in [6.07, 6.45) is 0. The molecule has 0 fully saturated rings. The lowest BCUT2D eigenvalue weighted by molar-refractivity contribution is 0.530. The molecule has 0 saturated carbocycles. The topological polar surface area (TPSA) is 52.7 Å². The van der Waals surface area contributed by atoms with Crippen LogP contribution in [-0.2, 0) is 0 Å². The second-order valence-electron chi connectivity index (χ2n) is 5.09. The van der Waals surface area contributed by atoms with E-state index in [4.69, 9.17) is 0 Å². The van der Waals surface area contributed by atoms with Crippen molar-refractivity contribution < 1.29 is 0 Å². The molecule has 0 spiro atoms. The fourth-order valence-corrected chi connectivity index (χ4v) is 2.09. The van der Waals surface area contributed by atoms with Gasteiger partial charge in [0, 0.05) is 17.8 Å². The van der Waals surface area contributed by atoms with Crippen LogP contribution in [0.3, 0.4) is 0 Å². The van der Waals surface area contributed by atoms with Gasteiger partial charge in [0.05, 0.1) is 11.0 Å². The smallest absolute Gasteiger partial charge is 0.104 e. The summed E-state index contributed by atoms with van der Waals surface area (Å²) in [6.45, 7) is 7.23. The summed E-state index contributed by atoms with van der Waals surface area (Å²) in [4.78, 5) is 7.64. The minimum Gasteiger partial charge on any atom is -0.379 e. The molecule has 1 aromatic heterocycles. The summed E-state index contributed by atoms with van der Waals surface area (Å²) in [7, 11) is 1.96. The van der Waals surface area contributed by atoms with Crippen molar-refractivity contribution in [3.63, 3.8) is 0 Å². The summed E-state index contributed by atoms with van der Waals surface area (Å²) in [6, 6.07) is 6.21. The van der Waals surface area contributed by atoms with E-state index >= 15 is 0 Å². The number of aromatic amines is 1. The van der Waals surface area contributed by atoms with Crippen molar-refractivity contribution in [3.8, 4) is 0 Å². The van der Waals surface area contributed by atoms with Crippen LogP contribution < -0.4 is 10.6 Å². The minimum atomic E-state index is 0.0253. The van der Waals surface area contributed by atoms with Gasteiger partial charge in [-0.2, -0.15) is 0 Å². The highest BCUT2D eigenvalue weighted by Gasteiger charge is 2.16. The molecule has 0 aliphatic rings. The first kappa shape index (κ1) is 11.9. The summed E-state index contributed by atoms with van der Waals surface area (Å²) >= 11 is 0. The molecule has 0 bridgehead atoms. The Morgan fingerprint density at radius 2 is 2.12 bits per heavy atom. The zero-order valence-electron chi connectivity index (χ0n) is 10.9. The molecule has 17 heavy (non-hydrogen) atoms. The number of H-pyrrole nitrogens is 1. The lowest BCUT2D eigenvalue weighted by Gasteiger charge is -2.27. The molecule has 0 amide bonds. The first-order chi connectivity index (χ1) is 8.00. The van der Waals surface area contributed by atoms with Gasteiger partial charge in [0.1, 0.15) is 5.82 Å². The van der Waals surface area contributed by atoms with E-state index in [1.54, 1.807) is 0 Å². The van der Waals surface area contributed by atoms with Gasteiger partial charge in [0.15, 0.2) is 0 Å². The third-order valence-electron chi connectivity index (χ3n) is 2.70. The number of aryl methyl sites for hydroxylation is 1. The van der Waals surface area contributed by atoms with Gasteiger partial charge in [-0.25, -0.2) is 4.98 Å². The van der Waals surface area contributed by atoms with Crippen molar-refractivity contribution in [2.75, 3.05) is 18.9 Å². The lowest BCUT2D eigenvalue weighted by Crippen LogP contribution is -2.40. The van der Waals surface area contributed by atoms with Gasteiger partial charge in [-0.05, 0) is 46.0 Å². The van der Waals surface area contributed by atoms with Gasteiger partial charge < -0.3 is 15.6 Å². The third-order valence-corrected chi connectivity index (χ3v) is 2.70.